The first-order chi connectivity index (χ1) is 8.40. The Hall–Kier alpha value is -2.22. The minimum absolute atomic E-state index is 0.184. The Morgan fingerprint density at radius 3 is 2.61 bits per heavy atom. The Morgan fingerprint density at radius 1 is 1.39 bits per heavy atom. The van der Waals surface area contributed by atoms with E-state index in [2.05, 4.69) is 21.2 Å². The van der Waals surface area contributed by atoms with Crippen molar-refractivity contribution in [2.75, 3.05) is 5.32 Å². The van der Waals surface area contributed by atoms with Crippen molar-refractivity contribution in [3.8, 4) is 0 Å². The summed E-state index contributed by atoms with van der Waals surface area (Å²) in [5, 5.41) is 21.2. The van der Waals surface area contributed by atoms with Crippen LogP contribution in [0.4, 0.5) is 11.4 Å². The van der Waals surface area contributed by atoms with Crippen LogP contribution in [0, 0.1) is 10.1 Å². The van der Waals surface area contributed by atoms with Gasteiger partial charge in [0.2, 0.25) is 5.91 Å². The molecule has 0 saturated heterocycles. The number of nitro groups is 1. The van der Waals surface area contributed by atoms with E-state index >= 15 is 0 Å². The summed E-state index contributed by atoms with van der Waals surface area (Å²) < 4.78 is 0.449. The molecule has 0 fully saturated rings. The molecule has 8 heteroatoms. The summed E-state index contributed by atoms with van der Waals surface area (Å²) in [7, 11) is 0. The number of nitrogens with one attached hydrogen (secondary N) is 1. The Labute approximate surface area is 109 Å². The van der Waals surface area contributed by atoms with Gasteiger partial charge in [-0.25, -0.2) is 4.79 Å². The molecule has 0 saturated carbocycles. The van der Waals surface area contributed by atoms with Gasteiger partial charge in [-0.3, -0.25) is 14.9 Å². The minimum Gasteiger partial charge on any atom is -0.478 e. The van der Waals surface area contributed by atoms with Crippen LogP contribution in [-0.2, 0) is 9.59 Å². The number of non-ortho nitro benzene ring substituents is 1. The van der Waals surface area contributed by atoms with Gasteiger partial charge in [0.05, 0.1) is 10.6 Å². The first kappa shape index (κ1) is 13.8. The maximum atomic E-state index is 11.3. The molecule has 0 aliphatic carbocycles. The smallest absolute Gasteiger partial charge is 0.328 e. The van der Waals surface area contributed by atoms with E-state index in [1.807, 2.05) is 0 Å². The molecule has 94 valence electrons. The molecule has 1 amide bonds. The maximum Gasteiger partial charge on any atom is 0.328 e. The van der Waals surface area contributed by atoms with E-state index < -0.39 is 16.8 Å². The predicted octanol–water partition coefficient (Wildman–Crippen LogP) is 1.94. The average molecular weight is 315 g/mol. The number of hydrogen-bond donors (Lipinski definition) is 2. The van der Waals surface area contributed by atoms with E-state index in [0.29, 0.717) is 10.5 Å². The number of carbonyl (C=O) groups excluding carboxylic acids is 1. The maximum absolute atomic E-state index is 11.3. The lowest BCUT2D eigenvalue weighted by Crippen LogP contribution is -2.09. The van der Waals surface area contributed by atoms with Gasteiger partial charge >= 0.3 is 5.97 Å². The van der Waals surface area contributed by atoms with Gasteiger partial charge in [-0.2, -0.15) is 0 Å². The number of carboxylic acids is 1. The van der Waals surface area contributed by atoms with Crippen LogP contribution >= 0.6 is 15.9 Å². The van der Waals surface area contributed by atoms with Crippen LogP contribution in [0.3, 0.4) is 0 Å². The topological polar surface area (TPSA) is 110 Å². The van der Waals surface area contributed by atoms with Crippen LogP contribution in [0.2, 0.25) is 0 Å². The third kappa shape index (κ3) is 3.98. The molecule has 0 spiro atoms. The Bertz CT molecular complexity index is 541. The zero-order valence-corrected chi connectivity index (χ0v) is 10.4. The molecule has 0 atom stereocenters. The second-order valence-electron chi connectivity index (χ2n) is 3.08. The van der Waals surface area contributed by atoms with E-state index in [0.717, 1.165) is 12.1 Å². The SMILES string of the molecule is O=C(O)/C=C/C(=O)Nc1cc([N+](=O)[O-])ccc1Br. The predicted molar refractivity (Wildman–Crippen MR) is 66.2 cm³/mol. The lowest BCUT2D eigenvalue weighted by Gasteiger charge is -2.04. The van der Waals surface area contributed by atoms with E-state index in [9.17, 15) is 19.7 Å². The first-order valence-electron chi connectivity index (χ1n) is 4.56. The minimum atomic E-state index is -1.26. The molecule has 0 radical (unpaired) electrons. The number of aliphatic carboxylic acids is 1. The van der Waals surface area contributed by atoms with Crippen LogP contribution in [0.5, 0.6) is 0 Å². The van der Waals surface area contributed by atoms with Crippen LogP contribution in [-0.4, -0.2) is 21.9 Å². The number of carboxylic acid groups (broad SMARTS) is 1. The molecule has 0 aliphatic heterocycles. The van der Waals surface area contributed by atoms with Gasteiger partial charge in [-0.05, 0) is 22.0 Å². The number of rotatable bonds is 4. The summed E-state index contributed by atoms with van der Waals surface area (Å²) in [5.41, 5.74) is -0.0000436. The van der Waals surface area contributed by atoms with Gasteiger partial charge in [0.25, 0.3) is 5.69 Å². The molecule has 0 aliphatic rings. The van der Waals surface area contributed by atoms with Crippen molar-refractivity contribution < 1.29 is 19.6 Å². The van der Waals surface area contributed by atoms with Crippen molar-refractivity contribution in [1.82, 2.24) is 0 Å². The highest BCUT2D eigenvalue weighted by atomic mass is 79.9. The Morgan fingerprint density at radius 2 is 2.06 bits per heavy atom. The number of carbonyl (C=O) groups is 2. The molecular formula is C10H7BrN2O5. The molecule has 7 nitrogen and oxygen atoms in total. The normalized spacial score (nSPS) is 10.3. The quantitative estimate of drug-likeness (QED) is 0.501. The third-order valence-electron chi connectivity index (χ3n) is 1.80. The highest BCUT2D eigenvalue weighted by Gasteiger charge is 2.10. The van der Waals surface area contributed by atoms with Crippen molar-refractivity contribution in [2.24, 2.45) is 0 Å². The monoisotopic (exact) mass is 314 g/mol. The average Bonchev–Trinajstić information content (AvgIpc) is 2.29. The van der Waals surface area contributed by atoms with E-state index in [1.165, 1.54) is 12.1 Å². The van der Waals surface area contributed by atoms with Crippen LogP contribution in [0.1, 0.15) is 0 Å². The molecule has 18 heavy (non-hydrogen) atoms. The fourth-order valence-corrected chi connectivity index (χ4v) is 1.39. The summed E-state index contributed by atoms with van der Waals surface area (Å²) in [6, 6.07) is 3.85. The number of nitrogens with zero attached hydrogens (tertiary/aromatic N) is 1. The highest BCUT2D eigenvalue weighted by Crippen LogP contribution is 2.26. The van der Waals surface area contributed by atoms with Gasteiger partial charge in [-0.1, -0.05) is 0 Å². The molecular weight excluding hydrogens is 308 g/mol. The van der Waals surface area contributed by atoms with Crippen LogP contribution < -0.4 is 5.32 Å². The van der Waals surface area contributed by atoms with Gasteiger partial charge in [0.15, 0.2) is 0 Å². The summed E-state index contributed by atoms with van der Waals surface area (Å²) >= 11 is 3.11. The van der Waals surface area contributed by atoms with E-state index in [1.54, 1.807) is 0 Å². The number of amides is 1. The highest BCUT2D eigenvalue weighted by molar-refractivity contribution is 9.10. The molecule has 2 N–H and O–H groups in total. The lowest BCUT2D eigenvalue weighted by molar-refractivity contribution is -0.384. The van der Waals surface area contributed by atoms with Crippen molar-refractivity contribution in [2.45, 2.75) is 0 Å². The number of anilines is 1. The fourth-order valence-electron chi connectivity index (χ4n) is 1.04. The van der Waals surface area contributed by atoms with Gasteiger partial charge in [0.1, 0.15) is 0 Å². The zero-order chi connectivity index (χ0) is 13.7. The molecule has 1 aromatic carbocycles. The zero-order valence-electron chi connectivity index (χ0n) is 8.79. The molecule has 1 aromatic rings. The number of halogens is 1. The summed E-state index contributed by atoms with van der Waals surface area (Å²) in [5.74, 6) is -1.96. The summed E-state index contributed by atoms with van der Waals surface area (Å²) in [6.07, 6.45) is 1.48. The van der Waals surface area contributed by atoms with Crippen LogP contribution in [0.25, 0.3) is 0 Å². The summed E-state index contributed by atoms with van der Waals surface area (Å²) in [6.45, 7) is 0. The van der Waals surface area contributed by atoms with Gasteiger partial charge < -0.3 is 10.4 Å². The van der Waals surface area contributed by atoms with Crippen molar-refractivity contribution in [3.63, 3.8) is 0 Å². The third-order valence-corrected chi connectivity index (χ3v) is 2.49. The van der Waals surface area contributed by atoms with Crippen molar-refractivity contribution in [3.05, 3.63) is 44.9 Å². The van der Waals surface area contributed by atoms with Crippen LogP contribution in [0.15, 0.2) is 34.8 Å². The van der Waals surface area contributed by atoms with Gasteiger partial charge in [0, 0.05) is 28.8 Å². The molecule has 0 unspecified atom stereocenters. The summed E-state index contributed by atoms with van der Waals surface area (Å²) in [4.78, 5) is 31.4. The van der Waals surface area contributed by atoms with Crippen molar-refractivity contribution in [1.29, 1.82) is 0 Å². The fraction of sp³-hybridized carbons (Fsp3) is 0. The van der Waals surface area contributed by atoms with E-state index in [4.69, 9.17) is 5.11 Å². The number of nitro benzene ring substituents is 1. The molecule has 0 heterocycles. The Balaban J connectivity index is 2.90. The molecule has 0 aromatic heterocycles. The molecule has 0 bridgehead atoms. The van der Waals surface area contributed by atoms with Crippen molar-refractivity contribution >= 4 is 39.2 Å². The second kappa shape index (κ2) is 5.92. The van der Waals surface area contributed by atoms with E-state index in [-0.39, 0.29) is 11.4 Å². The molecule has 1 rings (SSSR count). The largest absolute Gasteiger partial charge is 0.478 e. The second-order valence-corrected chi connectivity index (χ2v) is 3.94. The number of benzene rings is 1. The van der Waals surface area contributed by atoms with Gasteiger partial charge in [-0.15, -0.1) is 0 Å². The standard InChI is InChI=1S/C10H7BrN2O5/c11-7-2-1-6(13(17)18)5-8(7)12-9(14)3-4-10(15)16/h1-5H,(H,12,14)(H,15,16)/b4-3+. The lowest BCUT2D eigenvalue weighted by atomic mass is 10.3. The number of hydrogen-bond acceptors (Lipinski definition) is 4. The first-order valence-corrected chi connectivity index (χ1v) is 5.35. The Kier molecular flexibility index (Phi) is 4.55.